The molecule has 14 nitrogen and oxygen atoms in total. The highest BCUT2D eigenvalue weighted by Gasteiger charge is 2.30. The zero-order valence-electron chi connectivity index (χ0n) is 22.5. The standard InChI is InChI=1S/C25H40N8O6S/c1-40-13-11-16(26)21(35)31-17(9-10-20(27)34)22(36)33-19(14-15-6-3-2-4-7-15)23(37)32-18(24(38)39)8-5-12-30-25(28)29/h2-4,6-7,16-19H,5,8-14,26H2,1H3,(H2,27,34)(H,31,35)(H,32,37)(H,33,36)(H,38,39)(H4,28,29,30). The molecule has 0 spiro atoms. The number of hydrogen-bond donors (Lipinski definition) is 8. The largest absolute Gasteiger partial charge is 0.480 e. The van der Waals surface area contributed by atoms with Crippen molar-refractivity contribution in [1.29, 1.82) is 0 Å². The molecule has 0 aromatic heterocycles. The van der Waals surface area contributed by atoms with Crippen LogP contribution < -0.4 is 38.9 Å². The molecule has 4 amide bonds. The van der Waals surface area contributed by atoms with Gasteiger partial charge in [-0.25, -0.2) is 4.79 Å². The number of carbonyl (C=O) groups is 5. The van der Waals surface area contributed by atoms with Crippen molar-refractivity contribution in [2.24, 2.45) is 27.9 Å². The van der Waals surface area contributed by atoms with Crippen molar-refractivity contribution < 1.29 is 29.1 Å². The average Bonchev–Trinajstić information content (AvgIpc) is 2.90. The van der Waals surface area contributed by atoms with Gasteiger partial charge in [-0.05, 0) is 43.3 Å². The van der Waals surface area contributed by atoms with Gasteiger partial charge in [-0.2, -0.15) is 11.8 Å². The summed E-state index contributed by atoms with van der Waals surface area (Å²) >= 11 is 1.51. The summed E-state index contributed by atoms with van der Waals surface area (Å²) in [4.78, 5) is 66.1. The molecule has 40 heavy (non-hydrogen) atoms. The van der Waals surface area contributed by atoms with Crippen molar-refractivity contribution in [3.05, 3.63) is 35.9 Å². The molecule has 0 heterocycles. The van der Waals surface area contributed by atoms with Crippen molar-refractivity contribution in [3.63, 3.8) is 0 Å². The Labute approximate surface area is 237 Å². The van der Waals surface area contributed by atoms with Crippen molar-refractivity contribution >= 4 is 47.3 Å². The summed E-state index contributed by atoms with van der Waals surface area (Å²) in [5.74, 6) is -3.54. The smallest absolute Gasteiger partial charge is 0.326 e. The second-order valence-electron chi connectivity index (χ2n) is 9.05. The number of primary amides is 1. The van der Waals surface area contributed by atoms with Gasteiger partial charge in [-0.3, -0.25) is 24.2 Å². The van der Waals surface area contributed by atoms with Crippen LogP contribution in [0.2, 0.25) is 0 Å². The first kappa shape index (κ1) is 34.2. The number of guanidine groups is 1. The van der Waals surface area contributed by atoms with Crippen LogP contribution in [-0.2, 0) is 30.4 Å². The lowest BCUT2D eigenvalue weighted by atomic mass is 10.0. The fourth-order valence-corrected chi connectivity index (χ4v) is 4.06. The Balaban J connectivity index is 3.10. The minimum Gasteiger partial charge on any atom is -0.480 e. The van der Waals surface area contributed by atoms with E-state index in [1.807, 2.05) is 6.26 Å². The van der Waals surface area contributed by atoms with Gasteiger partial charge < -0.3 is 44.0 Å². The van der Waals surface area contributed by atoms with Crippen LogP contribution in [0.1, 0.15) is 37.7 Å². The minimum absolute atomic E-state index is 0.0302. The number of carbonyl (C=O) groups excluding carboxylic acids is 4. The summed E-state index contributed by atoms with van der Waals surface area (Å²) < 4.78 is 0. The molecule has 12 N–H and O–H groups in total. The molecule has 1 aromatic rings. The molecular weight excluding hydrogens is 540 g/mol. The number of carboxylic acids is 1. The SMILES string of the molecule is CSCCC(N)C(=O)NC(CCC(N)=O)C(=O)NC(Cc1ccccc1)C(=O)NC(CCCN=C(N)N)C(=O)O. The number of aliphatic carboxylic acids is 1. The van der Waals surface area contributed by atoms with Crippen LogP contribution in [0, 0.1) is 0 Å². The third-order valence-electron chi connectivity index (χ3n) is 5.76. The van der Waals surface area contributed by atoms with E-state index in [0.29, 0.717) is 17.7 Å². The highest BCUT2D eigenvalue weighted by atomic mass is 32.2. The lowest BCUT2D eigenvalue weighted by Crippen LogP contribution is -2.57. The first-order valence-corrected chi connectivity index (χ1v) is 14.1. The molecule has 0 bridgehead atoms. The highest BCUT2D eigenvalue weighted by Crippen LogP contribution is 2.08. The number of carboxylic acid groups (broad SMARTS) is 1. The molecule has 0 radical (unpaired) electrons. The minimum atomic E-state index is -1.27. The molecule has 4 unspecified atom stereocenters. The quantitative estimate of drug-likeness (QED) is 0.0515. The fraction of sp³-hybridized carbons (Fsp3) is 0.520. The van der Waals surface area contributed by atoms with E-state index in [9.17, 15) is 29.1 Å². The van der Waals surface area contributed by atoms with Crippen molar-refractivity contribution in [2.75, 3.05) is 18.6 Å². The van der Waals surface area contributed by atoms with Crippen LogP contribution in [0.15, 0.2) is 35.3 Å². The lowest BCUT2D eigenvalue weighted by molar-refractivity contribution is -0.142. The number of nitrogens with two attached hydrogens (primary N) is 4. The van der Waals surface area contributed by atoms with Crippen LogP contribution in [0.3, 0.4) is 0 Å². The lowest BCUT2D eigenvalue weighted by Gasteiger charge is -2.25. The molecule has 15 heteroatoms. The Morgan fingerprint density at radius 1 is 0.875 bits per heavy atom. The summed E-state index contributed by atoms with van der Waals surface area (Å²) in [5, 5.41) is 17.2. The van der Waals surface area contributed by atoms with Gasteiger partial charge in [0.15, 0.2) is 5.96 Å². The summed E-state index contributed by atoms with van der Waals surface area (Å²) in [5.41, 5.74) is 22.4. The summed E-state index contributed by atoms with van der Waals surface area (Å²) in [6, 6.07) is 4.22. The fourth-order valence-electron chi connectivity index (χ4n) is 3.57. The zero-order valence-corrected chi connectivity index (χ0v) is 23.3. The van der Waals surface area contributed by atoms with Crippen LogP contribution in [0.5, 0.6) is 0 Å². The molecule has 1 aromatic carbocycles. The number of amides is 4. The molecular formula is C25H40N8O6S. The molecule has 222 valence electrons. The monoisotopic (exact) mass is 580 g/mol. The van der Waals surface area contributed by atoms with E-state index in [-0.39, 0.29) is 44.6 Å². The summed E-state index contributed by atoms with van der Waals surface area (Å²) in [6.45, 7) is 0.173. The number of thioether (sulfide) groups is 1. The first-order chi connectivity index (χ1) is 18.9. The van der Waals surface area contributed by atoms with Gasteiger partial charge in [0.05, 0.1) is 6.04 Å². The predicted octanol–water partition coefficient (Wildman–Crippen LogP) is -1.83. The topological polar surface area (TPSA) is 258 Å². The van der Waals surface area contributed by atoms with Crippen molar-refractivity contribution in [1.82, 2.24) is 16.0 Å². The van der Waals surface area contributed by atoms with Crippen LogP contribution >= 0.6 is 11.8 Å². The molecule has 0 fully saturated rings. The van der Waals surface area contributed by atoms with Crippen LogP contribution in [0.4, 0.5) is 0 Å². The third kappa shape index (κ3) is 13.8. The molecule has 0 aliphatic rings. The van der Waals surface area contributed by atoms with Gasteiger partial charge in [0.2, 0.25) is 23.6 Å². The Bertz CT molecular complexity index is 1020. The Morgan fingerprint density at radius 3 is 2.05 bits per heavy atom. The maximum atomic E-state index is 13.3. The van der Waals surface area contributed by atoms with E-state index in [1.54, 1.807) is 30.3 Å². The van der Waals surface area contributed by atoms with Gasteiger partial charge >= 0.3 is 5.97 Å². The summed E-state index contributed by atoms with van der Waals surface area (Å²) in [7, 11) is 0. The molecule has 4 atom stereocenters. The Morgan fingerprint density at radius 2 is 1.48 bits per heavy atom. The summed E-state index contributed by atoms with van der Waals surface area (Å²) in [6.07, 6.45) is 2.26. The third-order valence-corrected chi connectivity index (χ3v) is 6.40. The predicted molar refractivity (Wildman–Crippen MR) is 153 cm³/mol. The highest BCUT2D eigenvalue weighted by molar-refractivity contribution is 7.98. The van der Waals surface area contributed by atoms with Crippen molar-refractivity contribution in [2.45, 2.75) is 62.7 Å². The maximum absolute atomic E-state index is 13.3. The maximum Gasteiger partial charge on any atom is 0.326 e. The second kappa shape index (κ2) is 18.4. The molecule has 0 saturated heterocycles. The number of benzene rings is 1. The van der Waals surface area contributed by atoms with Crippen molar-refractivity contribution in [3.8, 4) is 0 Å². The number of rotatable bonds is 19. The first-order valence-electron chi connectivity index (χ1n) is 12.7. The average molecular weight is 581 g/mol. The normalized spacial score (nSPS) is 13.7. The van der Waals surface area contributed by atoms with E-state index < -0.39 is 53.8 Å². The van der Waals surface area contributed by atoms with Gasteiger partial charge in [0.25, 0.3) is 0 Å². The number of aliphatic imine (C=N–C) groups is 1. The molecule has 0 aliphatic heterocycles. The molecule has 1 rings (SSSR count). The van der Waals surface area contributed by atoms with E-state index in [2.05, 4.69) is 20.9 Å². The van der Waals surface area contributed by atoms with E-state index in [0.717, 1.165) is 0 Å². The van der Waals surface area contributed by atoms with Crippen LogP contribution in [-0.4, -0.2) is 83.4 Å². The molecule has 0 aliphatic carbocycles. The van der Waals surface area contributed by atoms with Gasteiger partial charge in [0, 0.05) is 19.4 Å². The van der Waals surface area contributed by atoms with E-state index >= 15 is 0 Å². The number of nitrogens with one attached hydrogen (secondary N) is 3. The number of hydrogen-bond acceptors (Lipinski definition) is 8. The Hall–Kier alpha value is -3.85. The van der Waals surface area contributed by atoms with E-state index in [4.69, 9.17) is 22.9 Å². The molecule has 0 saturated carbocycles. The van der Waals surface area contributed by atoms with E-state index in [1.165, 1.54) is 11.8 Å². The van der Waals surface area contributed by atoms with Gasteiger partial charge in [0.1, 0.15) is 18.1 Å². The zero-order chi connectivity index (χ0) is 30.1. The van der Waals surface area contributed by atoms with Gasteiger partial charge in [-0.1, -0.05) is 30.3 Å². The Kier molecular flexibility index (Phi) is 15.8. The van der Waals surface area contributed by atoms with Gasteiger partial charge in [-0.15, -0.1) is 0 Å². The number of nitrogens with zero attached hydrogens (tertiary/aromatic N) is 1. The second-order valence-corrected chi connectivity index (χ2v) is 10.0. The van der Waals surface area contributed by atoms with Crippen LogP contribution in [0.25, 0.3) is 0 Å².